The molecule has 0 bridgehead atoms. The van der Waals surface area contributed by atoms with Gasteiger partial charge in [0.1, 0.15) is 0 Å². The molecule has 7 nitrogen and oxygen atoms in total. The van der Waals surface area contributed by atoms with E-state index in [1.165, 1.54) is 0 Å². The van der Waals surface area contributed by atoms with Crippen molar-refractivity contribution in [3.63, 3.8) is 0 Å². The molecule has 7 heteroatoms. The molecule has 160 valence electrons. The molecule has 0 atom stereocenters. The largest absolute Gasteiger partial charge is 0.452 e. The standard InChI is InChI=1S/C24H25N3O4/c1-16-9-11-20(12-10-16)23(29)26-25-22(28)15-31-24(30)21-13-17(2)27(18(21)3)14-19-7-5-4-6-8-19/h4-13H,14-15H2,1-3H3,(H,25,28)(H,26,29). The number of rotatable bonds is 6. The highest BCUT2D eigenvalue weighted by Crippen LogP contribution is 2.18. The van der Waals surface area contributed by atoms with Crippen molar-refractivity contribution >= 4 is 17.8 Å². The molecule has 0 radical (unpaired) electrons. The van der Waals surface area contributed by atoms with E-state index in [1.54, 1.807) is 30.3 Å². The maximum atomic E-state index is 12.5. The molecule has 2 amide bonds. The Bertz CT molecular complexity index is 1090. The van der Waals surface area contributed by atoms with E-state index < -0.39 is 24.4 Å². The molecule has 0 aliphatic carbocycles. The predicted molar refractivity (Wildman–Crippen MR) is 117 cm³/mol. The van der Waals surface area contributed by atoms with Crippen LogP contribution in [0.25, 0.3) is 0 Å². The van der Waals surface area contributed by atoms with Crippen LogP contribution in [-0.4, -0.2) is 29.0 Å². The quantitative estimate of drug-likeness (QED) is 0.475. The van der Waals surface area contributed by atoms with Crippen LogP contribution in [0.2, 0.25) is 0 Å². The Kier molecular flexibility index (Phi) is 6.87. The minimum Gasteiger partial charge on any atom is -0.452 e. The number of carbonyl (C=O) groups is 3. The number of aryl methyl sites for hydroxylation is 2. The Balaban J connectivity index is 1.53. The molecule has 0 unspecified atom stereocenters. The van der Waals surface area contributed by atoms with Gasteiger partial charge in [-0.1, -0.05) is 48.0 Å². The van der Waals surface area contributed by atoms with Gasteiger partial charge in [0.2, 0.25) is 0 Å². The zero-order chi connectivity index (χ0) is 22.4. The Labute approximate surface area is 181 Å². The Morgan fingerprint density at radius 1 is 0.903 bits per heavy atom. The normalized spacial score (nSPS) is 10.4. The summed E-state index contributed by atoms with van der Waals surface area (Å²) in [5.41, 5.74) is 9.19. The van der Waals surface area contributed by atoms with Gasteiger partial charge in [-0.05, 0) is 44.5 Å². The minimum atomic E-state index is -0.632. The molecule has 0 saturated carbocycles. The van der Waals surface area contributed by atoms with Crippen molar-refractivity contribution in [2.24, 2.45) is 0 Å². The third-order valence-corrected chi connectivity index (χ3v) is 4.94. The summed E-state index contributed by atoms with van der Waals surface area (Å²) in [6.07, 6.45) is 0. The average molecular weight is 419 g/mol. The van der Waals surface area contributed by atoms with Crippen LogP contribution in [0.15, 0.2) is 60.7 Å². The fraction of sp³-hybridized carbons (Fsp3) is 0.208. The van der Waals surface area contributed by atoms with Gasteiger partial charge in [-0.3, -0.25) is 20.4 Å². The topological polar surface area (TPSA) is 89.4 Å². The fourth-order valence-corrected chi connectivity index (χ4v) is 3.17. The molecule has 0 aliphatic heterocycles. The first kappa shape index (κ1) is 21.8. The van der Waals surface area contributed by atoms with E-state index in [0.29, 0.717) is 17.7 Å². The van der Waals surface area contributed by atoms with Gasteiger partial charge in [0.25, 0.3) is 11.8 Å². The van der Waals surface area contributed by atoms with Gasteiger partial charge < -0.3 is 9.30 Å². The lowest BCUT2D eigenvalue weighted by Gasteiger charge is -2.10. The summed E-state index contributed by atoms with van der Waals surface area (Å²) in [6, 6.07) is 18.6. The van der Waals surface area contributed by atoms with Crippen LogP contribution in [-0.2, 0) is 16.1 Å². The van der Waals surface area contributed by atoms with Crippen LogP contribution in [0.5, 0.6) is 0 Å². The van der Waals surface area contributed by atoms with Gasteiger partial charge >= 0.3 is 5.97 Å². The lowest BCUT2D eigenvalue weighted by molar-refractivity contribution is -0.125. The summed E-state index contributed by atoms with van der Waals surface area (Å²) in [5.74, 6) is -1.68. The molecule has 0 aliphatic rings. The van der Waals surface area contributed by atoms with Crippen molar-refractivity contribution < 1.29 is 19.1 Å². The van der Waals surface area contributed by atoms with E-state index in [-0.39, 0.29) is 0 Å². The zero-order valence-corrected chi connectivity index (χ0v) is 17.8. The van der Waals surface area contributed by atoms with Crippen molar-refractivity contribution in [3.05, 3.63) is 94.3 Å². The highest BCUT2D eigenvalue weighted by atomic mass is 16.5. The summed E-state index contributed by atoms with van der Waals surface area (Å²) in [7, 11) is 0. The van der Waals surface area contributed by atoms with E-state index in [1.807, 2.05) is 55.7 Å². The maximum Gasteiger partial charge on any atom is 0.340 e. The predicted octanol–water partition coefficient (Wildman–Crippen LogP) is 3.08. The number of benzene rings is 2. The maximum absolute atomic E-state index is 12.5. The first-order valence-corrected chi connectivity index (χ1v) is 9.89. The van der Waals surface area contributed by atoms with E-state index in [2.05, 4.69) is 10.9 Å². The van der Waals surface area contributed by atoms with Crippen molar-refractivity contribution in [1.82, 2.24) is 15.4 Å². The molecular formula is C24H25N3O4. The van der Waals surface area contributed by atoms with E-state index in [9.17, 15) is 14.4 Å². The lowest BCUT2D eigenvalue weighted by Crippen LogP contribution is -2.43. The summed E-state index contributed by atoms with van der Waals surface area (Å²) in [4.78, 5) is 36.5. The van der Waals surface area contributed by atoms with E-state index in [4.69, 9.17) is 4.74 Å². The Hall–Kier alpha value is -3.87. The number of aromatic nitrogens is 1. The number of amides is 2. The minimum absolute atomic E-state index is 0.407. The molecule has 2 aromatic carbocycles. The number of nitrogens with one attached hydrogen (secondary N) is 2. The molecule has 1 aromatic heterocycles. The second-order valence-electron chi connectivity index (χ2n) is 7.30. The van der Waals surface area contributed by atoms with Crippen molar-refractivity contribution in [2.45, 2.75) is 27.3 Å². The summed E-state index contributed by atoms with van der Waals surface area (Å²) >= 11 is 0. The van der Waals surface area contributed by atoms with Gasteiger partial charge in [0, 0.05) is 23.5 Å². The van der Waals surface area contributed by atoms with Gasteiger partial charge in [0.05, 0.1) is 5.56 Å². The van der Waals surface area contributed by atoms with Gasteiger partial charge in [-0.25, -0.2) is 4.79 Å². The van der Waals surface area contributed by atoms with E-state index >= 15 is 0 Å². The highest BCUT2D eigenvalue weighted by molar-refractivity contribution is 5.96. The zero-order valence-electron chi connectivity index (χ0n) is 17.8. The Morgan fingerprint density at radius 2 is 1.58 bits per heavy atom. The number of carbonyl (C=O) groups excluding carboxylic acids is 3. The second kappa shape index (κ2) is 9.75. The number of nitrogens with zero attached hydrogens (tertiary/aromatic N) is 1. The molecule has 1 heterocycles. The third kappa shape index (κ3) is 5.60. The number of hydrogen-bond donors (Lipinski definition) is 2. The first-order valence-electron chi connectivity index (χ1n) is 9.89. The lowest BCUT2D eigenvalue weighted by atomic mass is 10.1. The molecule has 3 aromatic rings. The molecule has 2 N–H and O–H groups in total. The number of hydrogen-bond acceptors (Lipinski definition) is 4. The summed E-state index contributed by atoms with van der Waals surface area (Å²) < 4.78 is 7.15. The average Bonchev–Trinajstić information content (AvgIpc) is 3.05. The van der Waals surface area contributed by atoms with Crippen molar-refractivity contribution in [2.75, 3.05) is 6.61 Å². The SMILES string of the molecule is Cc1ccc(C(=O)NNC(=O)COC(=O)c2cc(C)n(Cc3ccccc3)c2C)cc1. The van der Waals surface area contributed by atoms with Gasteiger partial charge in [-0.2, -0.15) is 0 Å². The van der Waals surface area contributed by atoms with Crippen molar-refractivity contribution in [3.8, 4) is 0 Å². The van der Waals surface area contributed by atoms with Crippen molar-refractivity contribution in [1.29, 1.82) is 0 Å². The molecule has 0 spiro atoms. The number of hydrazine groups is 1. The first-order chi connectivity index (χ1) is 14.8. The third-order valence-electron chi connectivity index (χ3n) is 4.94. The highest BCUT2D eigenvalue weighted by Gasteiger charge is 2.18. The molecule has 3 rings (SSSR count). The second-order valence-corrected chi connectivity index (χ2v) is 7.30. The Morgan fingerprint density at radius 3 is 2.26 bits per heavy atom. The smallest absolute Gasteiger partial charge is 0.340 e. The molecule has 0 saturated heterocycles. The summed E-state index contributed by atoms with van der Waals surface area (Å²) in [5, 5.41) is 0. The van der Waals surface area contributed by atoms with Crippen LogP contribution in [0.1, 0.15) is 43.2 Å². The molecule has 31 heavy (non-hydrogen) atoms. The van der Waals surface area contributed by atoms with Crippen LogP contribution in [0.3, 0.4) is 0 Å². The number of esters is 1. The van der Waals surface area contributed by atoms with Crippen LogP contribution < -0.4 is 10.9 Å². The van der Waals surface area contributed by atoms with Gasteiger partial charge in [-0.15, -0.1) is 0 Å². The fourth-order valence-electron chi connectivity index (χ4n) is 3.17. The van der Waals surface area contributed by atoms with Crippen LogP contribution in [0.4, 0.5) is 0 Å². The van der Waals surface area contributed by atoms with Gasteiger partial charge in [0.15, 0.2) is 6.61 Å². The molecular weight excluding hydrogens is 394 g/mol. The number of ether oxygens (including phenoxy) is 1. The monoisotopic (exact) mass is 419 g/mol. The van der Waals surface area contributed by atoms with E-state index in [0.717, 1.165) is 22.5 Å². The summed E-state index contributed by atoms with van der Waals surface area (Å²) in [6.45, 7) is 5.80. The molecule has 0 fully saturated rings. The van der Waals surface area contributed by atoms with Crippen LogP contribution >= 0.6 is 0 Å². The van der Waals surface area contributed by atoms with Crippen LogP contribution in [0, 0.1) is 20.8 Å².